The van der Waals surface area contributed by atoms with E-state index in [1.807, 2.05) is 0 Å². The number of allylic oxidation sites excluding steroid dienone is 2. The van der Waals surface area contributed by atoms with Gasteiger partial charge >= 0.3 is 10.1 Å². The van der Waals surface area contributed by atoms with E-state index >= 15 is 0 Å². The molecule has 0 amide bonds. The van der Waals surface area contributed by atoms with Crippen LogP contribution in [0.3, 0.4) is 0 Å². The monoisotopic (exact) mass is 374 g/mol. The van der Waals surface area contributed by atoms with E-state index < -0.39 is 10.1 Å². The van der Waals surface area contributed by atoms with Gasteiger partial charge in [0.25, 0.3) is 0 Å². The first kappa shape index (κ1) is 18.5. The third kappa shape index (κ3) is 3.36. The smallest absolute Gasteiger partial charge is 0.308 e. The molecule has 0 heterocycles. The molecule has 3 rings (SSSR count). The molecule has 2 bridgehead atoms. The van der Waals surface area contributed by atoms with Crippen LogP contribution in [0, 0.1) is 23.7 Å². The molecule has 1 aromatic carbocycles. The van der Waals surface area contributed by atoms with Gasteiger partial charge in [0.05, 0.1) is 18.4 Å². The first-order chi connectivity index (χ1) is 12.4. The molecule has 0 aromatic heterocycles. The normalized spacial score (nSPS) is 22.0. The van der Waals surface area contributed by atoms with Gasteiger partial charge in [-0.2, -0.15) is 8.42 Å². The Morgan fingerprint density at radius 1 is 1.23 bits per heavy atom. The zero-order valence-corrected chi connectivity index (χ0v) is 16.0. The van der Waals surface area contributed by atoms with Gasteiger partial charge < -0.3 is 8.92 Å². The van der Waals surface area contributed by atoms with E-state index in [4.69, 9.17) is 8.92 Å². The highest BCUT2D eigenvalue weighted by atomic mass is 32.2. The summed E-state index contributed by atoms with van der Waals surface area (Å²) in [6.07, 6.45) is 2.17. The first-order valence-electron chi connectivity index (χ1n) is 8.71. The summed E-state index contributed by atoms with van der Waals surface area (Å²) in [6, 6.07) is 5.32. The van der Waals surface area contributed by atoms with Crippen LogP contribution in [0.25, 0.3) is 5.57 Å². The van der Waals surface area contributed by atoms with E-state index in [2.05, 4.69) is 11.8 Å². The Hall–Kier alpha value is -2.26. The molecule has 138 valence electrons. The maximum atomic E-state index is 13.0. The molecule has 2 aliphatic carbocycles. The molecule has 0 spiro atoms. The quantitative estimate of drug-likeness (QED) is 0.585. The molecule has 26 heavy (non-hydrogen) atoms. The number of ketones is 1. The minimum Gasteiger partial charge on any atom is -0.496 e. The van der Waals surface area contributed by atoms with Gasteiger partial charge in [-0.05, 0) is 51.3 Å². The summed E-state index contributed by atoms with van der Waals surface area (Å²) in [5.41, 5.74) is 1.68. The summed E-state index contributed by atoms with van der Waals surface area (Å²) in [5, 5.41) is 0. The fourth-order valence-electron chi connectivity index (χ4n) is 3.68. The van der Waals surface area contributed by atoms with E-state index in [1.165, 1.54) is 14.0 Å². The van der Waals surface area contributed by atoms with E-state index in [9.17, 15) is 13.2 Å². The molecular formula is C20H22O5S. The van der Waals surface area contributed by atoms with Gasteiger partial charge in [0, 0.05) is 23.0 Å². The minimum atomic E-state index is -3.72. The van der Waals surface area contributed by atoms with Crippen molar-refractivity contribution in [1.29, 1.82) is 0 Å². The Bertz CT molecular complexity index is 931. The number of ether oxygens (including phenoxy) is 1. The van der Waals surface area contributed by atoms with Gasteiger partial charge in [0.2, 0.25) is 0 Å². The molecule has 1 aromatic rings. The van der Waals surface area contributed by atoms with Gasteiger partial charge in [-0.3, -0.25) is 4.79 Å². The van der Waals surface area contributed by atoms with Gasteiger partial charge in [-0.15, -0.1) is 5.92 Å². The molecule has 6 heteroatoms. The lowest BCUT2D eigenvalue weighted by atomic mass is 9.83. The SMILES string of the molecule is CC#Cc1ccc(C2=C(OS(=O)(=O)CC)C3CCC(C3)C2=O)c(OC)c1. The van der Waals surface area contributed by atoms with Crippen LogP contribution in [-0.4, -0.2) is 27.1 Å². The second kappa shape index (κ2) is 7.16. The largest absolute Gasteiger partial charge is 0.496 e. The maximum Gasteiger partial charge on any atom is 0.308 e. The molecule has 1 fully saturated rings. The number of Topliss-reactive ketones (excluding diaryl/α,β-unsaturated/α-hetero) is 1. The van der Waals surface area contributed by atoms with Crippen molar-refractivity contribution in [2.45, 2.75) is 33.1 Å². The van der Waals surface area contributed by atoms with Crippen LogP contribution < -0.4 is 4.74 Å². The van der Waals surface area contributed by atoms with Crippen LogP contribution in [0.2, 0.25) is 0 Å². The van der Waals surface area contributed by atoms with E-state index in [0.29, 0.717) is 23.3 Å². The minimum absolute atomic E-state index is 0.0474. The van der Waals surface area contributed by atoms with Crippen LogP contribution in [0.5, 0.6) is 5.75 Å². The molecule has 0 aliphatic heterocycles. The van der Waals surface area contributed by atoms with Crippen LogP contribution in [-0.2, 0) is 19.1 Å². The lowest BCUT2D eigenvalue weighted by Crippen LogP contribution is -2.24. The third-order valence-corrected chi connectivity index (χ3v) is 6.12. The van der Waals surface area contributed by atoms with E-state index in [1.54, 1.807) is 25.1 Å². The number of fused-ring (bicyclic) bond motifs is 2. The second-order valence-corrected chi connectivity index (χ2v) is 8.39. The molecule has 5 nitrogen and oxygen atoms in total. The van der Waals surface area contributed by atoms with Crippen molar-refractivity contribution in [2.75, 3.05) is 12.9 Å². The third-order valence-electron chi connectivity index (χ3n) is 4.98. The fraction of sp³-hybridized carbons (Fsp3) is 0.450. The zero-order chi connectivity index (χ0) is 18.9. The van der Waals surface area contributed by atoms with Crippen LogP contribution in [0.4, 0.5) is 0 Å². The predicted molar refractivity (Wildman–Crippen MR) is 98.8 cm³/mol. The van der Waals surface area contributed by atoms with Crippen molar-refractivity contribution >= 4 is 21.5 Å². The van der Waals surface area contributed by atoms with Crippen molar-refractivity contribution in [3.05, 3.63) is 35.1 Å². The number of carbonyl (C=O) groups is 1. The topological polar surface area (TPSA) is 69.7 Å². The van der Waals surface area contributed by atoms with Crippen LogP contribution in [0.1, 0.15) is 44.2 Å². The van der Waals surface area contributed by atoms with Crippen molar-refractivity contribution in [3.63, 3.8) is 0 Å². The van der Waals surface area contributed by atoms with Crippen molar-refractivity contribution in [2.24, 2.45) is 11.8 Å². The van der Waals surface area contributed by atoms with Crippen LogP contribution >= 0.6 is 0 Å². The molecule has 2 atom stereocenters. The highest BCUT2D eigenvalue weighted by molar-refractivity contribution is 7.86. The second-order valence-electron chi connectivity index (χ2n) is 6.53. The number of benzene rings is 1. The molecule has 0 radical (unpaired) electrons. The number of hydrogen-bond acceptors (Lipinski definition) is 5. The molecule has 2 aliphatic rings. The summed E-state index contributed by atoms with van der Waals surface area (Å²) < 4.78 is 35.1. The Labute approximate surface area is 154 Å². The van der Waals surface area contributed by atoms with Crippen LogP contribution in [0.15, 0.2) is 24.0 Å². The Balaban J connectivity index is 2.19. The summed E-state index contributed by atoms with van der Waals surface area (Å²) >= 11 is 0. The lowest BCUT2D eigenvalue weighted by Gasteiger charge is -2.26. The number of carbonyl (C=O) groups excluding carboxylic acids is 1. The zero-order valence-electron chi connectivity index (χ0n) is 15.2. The van der Waals surface area contributed by atoms with E-state index in [0.717, 1.165) is 18.4 Å². The molecule has 0 saturated heterocycles. The number of methoxy groups -OCH3 is 1. The van der Waals surface area contributed by atoms with Crippen molar-refractivity contribution in [3.8, 4) is 17.6 Å². The number of rotatable bonds is 5. The summed E-state index contributed by atoms with van der Waals surface area (Å²) in [5.74, 6) is 6.22. The summed E-state index contributed by atoms with van der Waals surface area (Å²) in [6.45, 7) is 3.27. The predicted octanol–water partition coefficient (Wildman–Crippen LogP) is 3.14. The average molecular weight is 374 g/mol. The lowest BCUT2D eigenvalue weighted by molar-refractivity contribution is -0.117. The molecular weight excluding hydrogens is 352 g/mol. The standard InChI is InChI=1S/C20H22O5S/c1-4-6-13-7-10-16(17(11-13)24-3)18-19(21)14-8-9-15(12-14)20(18)25-26(22,23)5-2/h7,10-11,14-15H,5,8-9,12H2,1-3H3. The van der Waals surface area contributed by atoms with Gasteiger partial charge in [0.1, 0.15) is 11.5 Å². The highest BCUT2D eigenvalue weighted by Gasteiger charge is 2.44. The Morgan fingerprint density at radius 2 is 1.96 bits per heavy atom. The molecule has 1 saturated carbocycles. The van der Waals surface area contributed by atoms with Gasteiger partial charge in [-0.25, -0.2) is 0 Å². The average Bonchev–Trinajstić information content (AvgIpc) is 3.07. The Kier molecular flexibility index (Phi) is 5.10. The highest BCUT2D eigenvalue weighted by Crippen LogP contribution is 2.48. The van der Waals surface area contributed by atoms with E-state index in [-0.39, 0.29) is 29.1 Å². The van der Waals surface area contributed by atoms with Crippen molar-refractivity contribution < 1.29 is 22.1 Å². The van der Waals surface area contributed by atoms with Gasteiger partial charge in [-0.1, -0.05) is 5.92 Å². The number of hydrogen-bond donors (Lipinski definition) is 0. The van der Waals surface area contributed by atoms with Crippen molar-refractivity contribution in [1.82, 2.24) is 0 Å². The molecule has 0 N–H and O–H groups in total. The Morgan fingerprint density at radius 3 is 2.62 bits per heavy atom. The molecule has 2 unspecified atom stereocenters. The van der Waals surface area contributed by atoms with Gasteiger partial charge in [0.15, 0.2) is 5.78 Å². The first-order valence-corrected chi connectivity index (χ1v) is 10.3. The fourth-order valence-corrected chi connectivity index (χ4v) is 4.29. The summed E-state index contributed by atoms with van der Waals surface area (Å²) in [7, 11) is -2.20. The summed E-state index contributed by atoms with van der Waals surface area (Å²) in [4.78, 5) is 13.0. The maximum absolute atomic E-state index is 13.0.